The number of hydrogen-bond donors (Lipinski definition) is 2. The largest absolute Gasteiger partial charge is 0.480 e. The van der Waals surface area contributed by atoms with Crippen molar-refractivity contribution < 1.29 is 24.6 Å². The fourth-order valence-corrected chi connectivity index (χ4v) is 3.24. The Kier molecular flexibility index (Phi) is 10.5. The van der Waals surface area contributed by atoms with Crippen molar-refractivity contribution >= 4 is 17.7 Å². The van der Waals surface area contributed by atoms with Gasteiger partial charge >= 0.3 is 11.9 Å². The molecule has 0 aromatic carbocycles. The van der Waals surface area contributed by atoms with E-state index in [2.05, 4.69) is 18.7 Å². The highest BCUT2D eigenvalue weighted by Gasteiger charge is 2.20. The van der Waals surface area contributed by atoms with Gasteiger partial charge in [-0.1, -0.05) is 0 Å². The van der Waals surface area contributed by atoms with Gasteiger partial charge in [0.2, 0.25) is 0 Å². The highest BCUT2D eigenvalue weighted by molar-refractivity contribution is 5.77. The summed E-state index contributed by atoms with van der Waals surface area (Å²) in [6, 6.07) is 0.292. The Morgan fingerprint density at radius 1 is 0.704 bits per heavy atom. The molecule has 0 spiro atoms. The van der Waals surface area contributed by atoms with Crippen LogP contribution in [0.15, 0.2) is 0 Å². The first-order valence-corrected chi connectivity index (χ1v) is 9.51. The van der Waals surface area contributed by atoms with E-state index in [1.807, 2.05) is 14.7 Å². The van der Waals surface area contributed by atoms with Crippen LogP contribution in [0.2, 0.25) is 0 Å². The zero-order valence-electron chi connectivity index (χ0n) is 16.8. The quantitative estimate of drug-likeness (QED) is 0.592. The van der Waals surface area contributed by atoms with Crippen LogP contribution in [0.1, 0.15) is 20.8 Å². The predicted molar refractivity (Wildman–Crippen MR) is 102 cm³/mol. The number of nitrogens with zero attached hydrogens (tertiary/aromatic N) is 4. The molecule has 0 aromatic heterocycles. The second-order valence-corrected chi connectivity index (χ2v) is 7.45. The molecule has 9 heteroatoms. The lowest BCUT2D eigenvalue weighted by Crippen LogP contribution is -2.49. The van der Waals surface area contributed by atoms with Gasteiger partial charge < -0.3 is 10.2 Å². The fourth-order valence-electron chi connectivity index (χ4n) is 3.24. The number of ketones is 1. The van der Waals surface area contributed by atoms with Crippen molar-refractivity contribution in [1.29, 1.82) is 0 Å². The van der Waals surface area contributed by atoms with Crippen LogP contribution in [0.5, 0.6) is 0 Å². The lowest BCUT2D eigenvalue weighted by molar-refractivity contribution is -0.139. The third-order valence-corrected chi connectivity index (χ3v) is 4.77. The van der Waals surface area contributed by atoms with Crippen LogP contribution in [0.4, 0.5) is 0 Å². The van der Waals surface area contributed by atoms with E-state index in [9.17, 15) is 24.6 Å². The topological polar surface area (TPSA) is 105 Å². The van der Waals surface area contributed by atoms with Crippen LogP contribution in [0, 0.1) is 0 Å². The SMILES string of the molecule is CC(=O)CN1CCN(CC(=O)O)CCN(C(C)C)CCN(CC(=O)O)CC1. The number of hydrogen-bond acceptors (Lipinski definition) is 7. The molecule has 0 unspecified atom stereocenters. The Hall–Kier alpha value is -1.55. The van der Waals surface area contributed by atoms with Crippen LogP contribution < -0.4 is 0 Å². The first kappa shape index (κ1) is 23.5. The molecule has 1 heterocycles. The minimum Gasteiger partial charge on any atom is -0.480 e. The molecule has 1 aliphatic rings. The molecule has 156 valence electrons. The molecule has 1 rings (SSSR count). The Morgan fingerprint density at radius 2 is 1.04 bits per heavy atom. The Labute approximate surface area is 161 Å². The van der Waals surface area contributed by atoms with Crippen molar-refractivity contribution in [3.63, 3.8) is 0 Å². The standard InChI is InChI=1S/C18H34N4O5/c1-15(2)22-10-8-20(13-17(24)25)6-4-19(12-16(3)23)5-7-21(9-11-22)14-18(26)27/h15H,4-14H2,1-3H3,(H,24,25)(H,26,27). The van der Waals surface area contributed by atoms with Crippen LogP contribution in [0.3, 0.4) is 0 Å². The summed E-state index contributed by atoms with van der Waals surface area (Å²) in [6.45, 7) is 10.9. The second-order valence-electron chi connectivity index (χ2n) is 7.45. The molecule has 0 amide bonds. The van der Waals surface area contributed by atoms with Crippen molar-refractivity contribution in [3.8, 4) is 0 Å². The van der Waals surface area contributed by atoms with Crippen molar-refractivity contribution in [2.75, 3.05) is 72.0 Å². The minimum atomic E-state index is -0.857. The predicted octanol–water partition coefficient (Wildman–Crippen LogP) is -0.625. The average molecular weight is 386 g/mol. The molecule has 9 nitrogen and oxygen atoms in total. The lowest BCUT2D eigenvalue weighted by atomic mass is 10.2. The molecule has 0 atom stereocenters. The van der Waals surface area contributed by atoms with E-state index in [0.717, 1.165) is 13.1 Å². The Morgan fingerprint density at radius 3 is 1.33 bits per heavy atom. The molecule has 0 bridgehead atoms. The number of Topliss-reactive ketones (excluding diaryl/α,β-unsaturated/α-hetero) is 1. The second kappa shape index (κ2) is 12.0. The van der Waals surface area contributed by atoms with Gasteiger partial charge in [-0.25, -0.2) is 0 Å². The number of aliphatic carboxylic acids is 2. The zero-order valence-corrected chi connectivity index (χ0v) is 16.8. The summed E-state index contributed by atoms with van der Waals surface area (Å²) in [4.78, 5) is 42.0. The molecule has 0 aromatic rings. The van der Waals surface area contributed by atoms with Gasteiger partial charge in [-0.2, -0.15) is 0 Å². The highest BCUT2D eigenvalue weighted by atomic mass is 16.4. The lowest BCUT2D eigenvalue weighted by Gasteiger charge is -2.34. The summed E-state index contributed by atoms with van der Waals surface area (Å²) >= 11 is 0. The zero-order chi connectivity index (χ0) is 20.4. The molecule has 2 N–H and O–H groups in total. The molecular formula is C18H34N4O5. The number of carboxylic acids is 2. The van der Waals surface area contributed by atoms with Gasteiger partial charge in [-0.3, -0.25) is 34.0 Å². The third-order valence-electron chi connectivity index (χ3n) is 4.77. The molecular weight excluding hydrogens is 352 g/mol. The number of carbonyl (C=O) groups is 3. The summed E-state index contributed by atoms with van der Waals surface area (Å²) in [6.07, 6.45) is 0. The van der Waals surface area contributed by atoms with Crippen molar-refractivity contribution in [1.82, 2.24) is 19.6 Å². The van der Waals surface area contributed by atoms with E-state index in [4.69, 9.17) is 0 Å². The van der Waals surface area contributed by atoms with Crippen molar-refractivity contribution in [3.05, 3.63) is 0 Å². The van der Waals surface area contributed by atoms with E-state index in [1.165, 1.54) is 6.92 Å². The summed E-state index contributed by atoms with van der Waals surface area (Å²) in [5, 5.41) is 18.3. The summed E-state index contributed by atoms with van der Waals surface area (Å²) in [5.74, 6) is -1.67. The molecule has 0 aliphatic carbocycles. The van der Waals surface area contributed by atoms with Gasteiger partial charge in [0.1, 0.15) is 5.78 Å². The average Bonchev–Trinajstić information content (AvgIpc) is 2.53. The smallest absolute Gasteiger partial charge is 0.317 e. The van der Waals surface area contributed by atoms with Crippen LogP contribution >= 0.6 is 0 Å². The van der Waals surface area contributed by atoms with E-state index in [-0.39, 0.29) is 18.9 Å². The van der Waals surface area contributed by atoms with Gasteiger partial charge in [0.15, 0.2) is 0 Å². The molecule has 1 aliphatic heterocycles. The van der Waals surface area contributed by atoms with Crippen LogP contribution in [-0.2, 0) is 14.4 Å². The van der Waals surface area contributed by atoms with Crippen LogP contribution in [0.25, 0.3) is 0 Å². The van der Waals surface area contributed by atoms with E-state index >= 15 is 0 Å². The van der Waals surface area contributed by atoms with Crippen molar-refractivity contribution in [2.45, 2.75) is 26.8 Å². The highest BCUT2D eigenvalue weighted by Crippen LogP contribution is 2.04. The third kappa shape index (κ3) is 10.4. The van der Waals surface area contributed by atoms with Crippen molar-refractivity contribution in [2.24, 2.45) is 0 Å². The Bertz CT molecular complexity index is 468. The molecule has 1 saturated heterocycles. The molecule has 1 fully saturated rings. The van der Waals surface area contributed by atoms with E-state index in [1.54, 1.807) is 0 Å². The molecule has 27 heavy (non-hydrogen) atoms. The Balaban J connectivity index is 2.88. The van der Waals surface area contributed by atoms with Gasteiger partial charge in [0, 0.05) is 58.4 Å². The first-order chi connectivity index (χ1) is 12.7. The van der Waals surface area contributed by atoms with E-state index in [0.29, 0.717) is 51.9 Å². The maximum atomic E-state index is 11.6. The van der Waals surface area contributed by atoms with Gasteiger partial charge in [0.05, 0.1) is 19.6 Å². The maximum Gasteiger partial charge on any atom is 0.317 e. The molecule has 0 saturated carbocycles. The number of carboxylic acid groups (broad SMARTS) is 2. The van der Waals surface area contributed by atoms with Gasteiger partial charge in [-0.05, 0) is 20.8 Å². The van der Waals surface area contributed by atoms with E-state index < -0.39 is 11.9 Å². The number of carbonyl (C=O) groups excluding carboxylic acids is 1. The van der Waals surface area contributed by atoms with Crippen LogP contribution in [-0.4, -0.2) is 126 Å². The number of rotatable bonds is 7. The molecule has 0 radical (unpaired) electrons. The van der Waals surface area contributed by atoms with Gasteiger partial charge in [-0.15, -0.1) is 0 Å². The summed E-state index contributed by atoms with van der Waals surface area (Å²) in [5.41, 5.74) is 0. The first-order valence-electron chi connectivity index (χ1n) is 9.51. The fraction of sp³-hybridized carbons (Fsp3) is 0.833. The summed E-state index contributed by atoms with van der Waals surface area (Å²) in [7, 11) is 0. The van der Waals surface area contributed by atoms with Gasteiger partial charge in [0.25, 0.3) is 0 Å². The summed E-state index contributed by atoms with van der Waals surface area (Å²) < 4.78 is 0. The maximum absolute atomic E-state index is 11.6. The monoisotopic (exact) mass is 386 g/mol. The normalized spacial score (nSPS) is 20.1. The minimum absolute atomic E-state index is 0.0228.